The number of nitrogens with zero attached hydrogens (tertiary/aromatic N) is 8. The van der Waals surface area contributed by atoms with Crippen molar-refractivity contribution in [1.29, 1.82) is 0 Å². The molecular formula is C62H68N14O4. The number of imidazole rings is 4. The summed E-state index contributed by atoms with van der Waals surface area (Å²) < 4.78 is 12.1. The van der Waals surface area contributed by atoms with E-state index in [1.807, 2.05) is 60.7 Å². The minimum Gasteiger partial charge on any atom is -0.494 e. The van der Waals surface area contributed by atoms with E-state index in [2.05, 4.69) is 125 Å². The van der Waals surface area contributed by atoms with E-state index < -0.39 is 0 Å². The smallest absolute Gasteiger partial charge is 0.220 e. The van der Waals surface area contributed by atoms with E-state index in [1.165, 1.54) is 11.4 Å². The summed E-state index contributed by atoms with van der Waals surface area (Å²) in [4.78, 5) is 68.4. The van der Waals surface area contributed by atoms with Crippen molar-refractivity contribution in [3.63, 3.8) is 0 Å². The van der Waals surface area contributed by atoms with Gasteiger partial charge in [-0.1, -0.05) is 24.3 Å². The summed E-state index contributed by atoms with van der Waals surface area (Å²) in [6, 6.07) is 40.9. The minimum absolute atomic E-state index is 0.0157. The molecule has 10 aromatic rings. The normalized spacial score (nSPS) is 14.4. The van der Waals surface area contributed by atoms with Crippen LogP contribution < -0.4 is 29.9 Å². The second-order valence-electron chi connectivity index (χ2n) is 21.2. The van der Waals surface area contributed by atoms with Crippen LogP contribution in [0, 0.1) is 0 Å². The predicted octanol–water partition coefficient (Wildman–Crippen LogP) is 9.39. The van der Waals surface area contributed by atoms with E-state index in [1.54, 1.807) is 0 Å². The molecule has 18 nitrogen and oxygen atoms in total. The van der Waals surface area contributed by atoms with Crippen LogP contribution in [0.1, 0.15) is 38.5 Å². The molecule has 4 aromatic heterocycles. The molecule has 2 aliphatic heterocycles. The van der Waals surface area contributed by atoms with Crippen LogP contribution in [-0.4, -0.2) is 154 Å². The predicted molar refractivity (Wildman–Crippen MR) is 317 cm³/mol. The Morgan fingerprint density at radius 2 is 0.800 bits per heavy atom. The number of ether oxygens (including phenoxy) is 2. The molecule has 2 saturated heterocycles. The van der Waals surface area contributed by atoms with E-state index in [0.717, 1.165) is 155 Å². The number of aromatic nitrogens is 8. The molecule has 2 aliphatic rings. The van der Waals surface area contributed by atoms with Gasteiger partial charge in [-0.2, -0.15) is 0 Å². The molecular weight excluding hydrogens is 1000 g/mol. The SMILES string of the molecule is CN1CCN(c2ccc3nc(-c4ccc5nc(-c6cccc(OCCCC(=O)NCCCCNC(=O)CCCOc7cccc(-c8nc9ccc(-c%10nc%11ccc(N%12CCN(C)CC%12)cc%11[nH]%10)cc9[nH]8)c7)c6)[nH]c5c4)[nH]c3c2)CC1. The standard InChI is InChI=1S/C62H68N14O4/c1-73-25-29-75(30-26-73)45-17-21-51-55(39-45)71-61(67-51)43-15-19-49-53(37-43)69-59(65-49)41-9-5-11-47(35-41)79-33-7-13-57(77)63-23-3-4-24-64-58(78)14-8-34-80-48-12-6-10-42(36-48)60-66-50-20-16-44(38-54(50)70-60)62-68-52-22-18-46(40-56(52)72-62)76-31-27-74(2)28-32-76/h5-6,9-12,15-22,35-40H,3-4,7-8,13-14,23-34H2,1-2H3,(H,63,77)(H,64,78)(H,65,69)(H,66,70)(H,67,71)(H,68,72). The number of likely N-dealkylation sites (N-methyl/N-ethyl adjacent to an activating group) is 2. The molecule has 0 radical (unpaired) electrons. The third-order valence-electron chi connectivity index (χ3n) is 15.3. The van der Waals surface area contributed by atoms with Gasteiger partial charge in [0.2, 0.25) is 11.8 Å². The average Bonchev–Trinajstić information content (AvgIpc) is 4.33. The molecule has 80 heavy (non-hydrogen) atoms. The van der Waals surface area contributed by atoms with Crippen molar-refractivity contribution in [2.75, 3.05) is 103 Å². The molecule has 6 heterocycles. The first kappa shape index (κ1) is 52.0. The summed E-state index contributed by atoms with van der Waals surface area (Å²) in [5.74, 6) is 4.53. The van der Waals surface area contributed by atoms with Crippen LogP contribution in [0.4, 0.5) is 11.4 Å². The minimum atomic E-state index is -0.0157. The second-order valence-corrected chi connectivity index (χ2v) is 21.2. The lowest BCUT2D eigenvalue weighted by Gasteiger charge is -2.34. The van der Waals surface area contributed by atoms with Crippen molar-refractivity contribution in [3.8, 4) is 57.1 Å². The largest absolute Gasteiger partial charge is 0.494 e. The summed E-state index contributed by atoms with van der Waals surface area (Å²) in [5, 5.41) is 5.99. The molecule has 0 atom stereocenters. The average molecular weight is 1070 g/mol. The summed E-state index contributed by atoms with van der Waals surface area (Å²) in [5.41, 5.74) is 13.7. The Kier molecular flexibility index (Phi) is 15.4. The highest BCUT2D eigenvalue weighted by Crippen LogP contribution is 2.32. The fraction of sp³-hybridized carbons (Fsp3) is 0.323. The van der Waals surface area contributed by atoms with Gasteiger partial charge in [0.15, 0.2) is 0 Å². The number of H-pyrrole nitrogens is 4. The van der Waals surface area contributed by atoms with Crippen molar-refractivity contribution >= 4 is 67.3 Å². The summed E-state index contributed by atoms with van der Waals surface area (Å²) in [6.45, 7) is 10.2. The molecule has 0 saturated carbocycles. The third kappa shape index (κ3) is 12.3. The first-order chi connectivity index (χ1) is 39.2. The monoisotopic (exact) mass is 1070 g/mol. The number of benzene rings is 6. The van der Waals surface area contributed by atoms with Gasteiger partial charge >= 0.3 is 0 Å². The zero-order chi connectivity index (χ0) is 54.4. The van der Waals surface area contributed by atoms with Gasteiger partial charge in [-0.05, 0) is 137 Å². The Morgan fingerprint density at radius 3 is 1.20 bits per heavy atom. The van der Waals surface area contributed by atoms with E-state index in [-0.39, 0.29) is 11.8 Å². The van der Waals surface area contributed by atoms with Crippen molar-refractivity contribution in [1.82, 2.24) is 60.3 Å². The molecule has 0 unspecified atom stereocenters. The summed E-state index contributed by atoms with van der Waals surface area (Å²) >= 11 is 0. The van der Waals surface area contributed by atoms with Gasteiger partial charge in [0.05, 0.1) is 57.3 Å². The van der Waals surface area contributed by atoms with Crippen molar-refractivity contribution in [3.05, 3.63) is 121 Å². The van der Waals surface area contributed by atoms with Gasteiger partial charge in [0.25, 0.3) is 0 Å². The highest BCUT2D eigenvalue weighted by molar-refractivity contribution is 5.89. The Labute approximate surface area is 464 Å². The second kappa shape index (κ2) is 23.7. The van der Waals surface area contributed by atoms with Crippen LogP contribution >= 0.6 is 0 Å². The Balaban J connectivity index is 0.526. The number of anilines is 2. The zero-order valence-corrected chi connectivity index (χ0v) is 45.5. The maximum Gasteiger partial charge on any atom is 0.220 e. The summed E-state index contributed by atoms with van der Waals surface area (Å²) in [7, 11) is 4.34. The number of unbranched alkanes of at least 4 members (excludes halogenated alkanes) is 1. The molecule has 0 spiro atoms. The van der Waals surface area contributed by atoms with Crippen LogP contribution in [0.2, 0.25) is 0 Å². The molecule has 18 heteroatoms. The molecule has 2 amide bonds. The fourth-order valence-corrected chi connectivity index (χ4v) is 10.6. The molecule has 0 aliphatic carbocycles. The number of nitrogens with one attached hydrogen (secondary N) is 6. The number of hydrogen-bond acceptors (Lipinski definition) is 12. The number of fused-ring (bicyclic) bond motifs is 4. The quantitative estimate of drug-likeness (QED) is 0.0373. The van der Waals surface area contributed by atoms with Crippen LogP contribution in [0.5, 0.6) is 11.5 Å². The van der Waals surface area contributed by atoms with Gasteiger partial charge < -0.3 is 59.6 Å². The van der Waals surface area contributed by atoms with E-state index in [4.69, 9.17) is 29.4 Å². The van der Waals surface area contributed by atoms with E-state index in [9.17, 15) is 9.59 Å². The number of hydrogen-bond donors (Lipinski definition) is 6. The first-order valence-corrected chi connectivity index (χ1v) is 28.1. The third-order valence-corrected chi connectivity index (χ3v) is 15.3. The lowest BCUT2D eigenvalue weighted by atomic mass is 10.2. The van der Waals surface area contributed by atoms with Crippen LogP contribution in [0.15, 0.2) is 121 Å². The number of aromatic amines is 4. The molecule has 410 valence electrons. The van der Waals surface area contributed by atoms with Gasteiger partial charge in [0.1, 0.15) is 34.8 Å². The zero-order valence-electron chi connectivity index (χ0n) is 45.5. The van der Waals surface area contributed by atoms with Gasteiger partial charge in [-0.25, -0.2) is 19.9 Å². The van der Waals surface area contributed by atoms with Crippen LogP contribution in [0.3, 0.4) is 0 Å². The first-order valence-electron chi connectivity index (χ1n) is 28.1. The maximum absolute atomic E-state index is 12.6. The molecule has 0 bridgehead atoms. The summed E-state index contributed by atoms with van der Waals surface area (Å²) in [6.07, 6.45) is 3.42. The Bertz CT molecular complexity index is 3540. The van der Waals surface area contributed by atoms with Crippen molar-refractivity contribution in [2.45, 2.75) is 38.5 Å². The highest BCUT2D eigenvalue weighted by atomic mass is 16.5. The van der Waals surface area contributed by atoms with E-state index >= 15 is 0 Å². The molecule has 2 fully saturated rings. The maximum atomic E-state index is 12.6. The van der Waals surface area contributed by atoms with Gasteiger partial charge in [-0.3, -0.25) is 9.59 Å². The number of carbonyl (C=O) groups excluding carboxylic acids is 2. The fourth-order valence-electron chi connectivity index (χ4n) is 10.6. The van der Waals surface area contributed by atoms with Gasteiger partial charge in [-0.15, -0.1) is 0 Å². The molecule has 6 aromatic carbocycles. The lowest BCUT2D eigenvalue weighted by Crippen LogP contribution is -2.44. The topological polar surface area (TPSA) is 204 Å². The van der Waals surface area contributed by atoms with Crippen LogP contribution in [0.25, 0.3) is 89.7 Å². The van der Waals surface area contributed by atoms with Crippen molar-refractivity contribution < 1.29 is 19.1 Å². The number of amides is 2. The molecule has 12 rings (SSSR count). The molecule has 6 N–H and O–H groups in total. The number of rotatable bonds is 21. The van der Waals surface area contributed by atoms with Crippen molar-refractivity contribution in [2.24, 2.45) is 0 Å². The highest BCUT2D eigenvalue weighted by Gasteiger charge is 2.19. The number of piperazine rings is 2. The lowest BCUT2D eigenvalue weighted by molar-refractivity contribution is -0.122. The van der Waals surface area contributed by atoms with E-state index in [0.29, 0.717) is 63.5 Å². The Hall–Kier alpha value is -8.74. The number of carbonyl (C=O) groups is 2. The Morgan fingerprint density at radius 1 is 0.438 bits per heavy atom. The van der Waals surface area contributed by atoms with Crippen LogP contribution in [-0.2, 0) is 9.59 Å². The van der Waals surface area contributed by atoms with Gasteiger partial charge in [0, 0.05) is 112 Å².